The van der Waals surface area contributed by atoms with E-state index in [1.54, 1.807) is 22.6 Å². The average molecular weight is 404 g/mol. The molecule has 5 rings (SSSR count). The van der Waals surface area contributed by atoms with Crippen LogP contribution in [0.3, 0.4) is 0 Å². The van der Waals surface area contributed by atoms with Crippen LogP contribution in [0.1, 0.15) is 29.3 Å². The molecule has 0 saturated heterocycles. The van der Waals surface area contributed by atoms with Crippen molar-refractivity contribution in [3.05, 3.63) is 70.6 Å². The molecule has 1 aliphatic heterocycles. The van der Waals surface area contributed by atoms with Crippen LogP contribution in [0.15, 0.2) is 58.9 Å². The third-order valence-corrected chi connectivity index (χ3v) is 6.40. The quantitative estimate of drug-likeness (QED) is 0.670. The molecule has 6 nitrogen and oxygen atoms in total. The Bertz CT molecular complexity index is 1100. The molecule has 2 amide bonds. The van der Waals surface area contributed by atoms with Crippen LogP contribution in [0, 0.1) is 0 Å². The van der Waals surface area contributed by atoms with E-state index in [0.717, 1.165) is 46.9 Å². The molecule has 0 saturated carbocycles. The van der Waals surface area contributed by atoms with Crippen molar-refractivity contribution in [3.8, 4) is 0 Å². The minimum absolute atomic E-state index is 0.288. The largest absolute Gasteiger partial charge is 0.351 e. The predicted octanol–water partition coefficient (Wildman–Crippen LogP) is 4.59. The van der Waals surface area contributed by atoms with Crippen molar-refractivity contribution in [2.45, 2.75) is 25.4 Å². The zero-order valence-electron chi connectivity index (χ0n) is 15.8. The number of aliphatic imine (C=N–C) groups is 1. The standard InChI is InChI=1S/C22H21N5OS/c23-20-19-10-11-29-21(19)25-13-26(20)16-6-8-17(9-7-16)27(22(24)28)18-5-4-14-2-1-3-15(14)12-18/h4-13,20H,1-3,23H2,(H2,24,28). The van der Waals surface area contributed by atoms with Gasteiger partial charge in [0.25, 0.3) is 0 Å². The zero-order valence-corrected chi connectivity index (χ0v) is 16.6. The summed E-state index contributed by atoms with van der Waals surface area (Å²) in [7, 11) is 0. The smallest absolute Gasteiger partial charge is 0.323 e. The molecule has 0 radical (unpaired) electrons. The van der Waals surface area contributed by atoms with Gasteiger partial charge >= 0.3 is 6.03 Å². The van der Waals surface area contributed by atoms with Crippen LogP contribution >= 0.6 is 11.3 Å². The lowest BCUT2D eigenvalue weighted by Crippen LogP contribution is -2.35. The minimum atomic E-state index is -0.505. The second-order valence-corrected chi connectivity index (χ2v) is 8.17. The summed E-state index contributed by atoms with van der Waals surface area (Å²) < 4.78 is 0. The maximum Gasteiger partial charge on any atom is 0.323 e. The first-order valence-corrected chi connectivity index (χ1v) is 10.5. The van der Waals surface area contributed by atoms with Gasteiger partial charge in [0.15, 0.2) is 0 Å². The first-order chi connectivity index (χ1) is 14.1. The van der Waals surface area contributed by atoms with Crippen molar-refractivity contribution < 1.29 is 4.79 Å². The molecule has 1 aromatic heterocycles. The lowest BCUT2D eigenvalue weighted by atomic mass is 10.1. The van der Waals surface area contributed by atoms with Crippen LogP contribution in [0.25, 0.3) is 0 Å². The van der Waals surface area contributed by atoms with E-state index in [0.29, 0.717) is 0 Å². The van der Waals surface area contributed by atoms with Gasteiger partial charge in [0.05, 0.1) is 17.7 Å². The lowest BCUT2D eigenvalue weighted by molar-refractivity contribution is 0.256. The van der Waals surface area contributed by atoms with Gasteiger partial charge in [-0.05, 0) is 78.2 Å². The molecule has 1 atom stereocenters. The van der Waals surface area contributed by atoms with E-state index in [-0.39, 0.29) is 6.17 Å². The van der Waals surface area contributed by atoms with Crippen LogP contribution in [0.2, 0.25) is 0 Å². The highest BCUT2D eigenvalue weighted by atomic mass is 32.1. The molecule has 0 spiro atoms. The molecule has 0 fully saturated rings. The molecule has 2 heterocycles. The van der Waals surface area contributed by atoms with Crippen LogP contribution in [0.4, 0.5) is 26.9 Å². The summed E-state index contributed by atoms with van der Waals surface area (Å²) in [6, 6.07) is 15.3. The molecule has 2 aliphatic rings. The lowest BCUT2D eigenvalue weighted by Gasteiger charge is -2.30. The Hall–Kier alpha value is -3.16. The molecule has 1 aliphatic carbocycles. The number of anilines is 3. The molecule has 3 aromatic rings. The third-order valence-electron chi connectivity index (χ3n) is 5.56. The summed E-state index contributed by atoms with van der Waals surface area (Å²) >= 11 is 1.58. The summed E-state index contributed by atoms with van der Waals surface area (Å²) in [5.74, 6) is 0. The summed E-state index contributed by atoms with van der Waals surface area (Å²) in [5.41, 5.74) is 18.2. The molecular weight excluding hydrogens is 382 g/mol. The number of carbonyl (C=O) groups is 1. The average Bonchev–Trinajstić information content (AvgIpc) is 3.38. The SMILES string of the molecule is NC(=O)N(c1ccc(N2C=Nc3sccc3C2N)cc1)c1ccc2c(c1)CCC2. The van der Waals surface area contributed by atoms with Gasteiger partial charge in [-0.25, -0.2) is 9.79 Å². The first-order valence-electron chi connectivity index (χ1n) is 9.59. The van der Waals surface area contributed by atoms with Gasteiger partial charge in [0, 0.05) is 11.3 Å². The fourth-order valence-electron chi connectivity index (χ4n) is 4.08. The van der Waals surface area contributed by atoms with Gasteiger partial charge in [-0.1, -0.05) is 6.07 Å². The highest BCUT2D eigenvalue weighted by molar-refractivity contribution is 7.14. The third kappa shape index (κ3) is 3.08. The highest BCUT2D eigenvalue weighted by Gasteiger charge is 2.24. The van der Waals surface area contributed by atoms with Crippen molar-refractivity contribution in [1.82, 2.24) is 0 Å². The van der Waals surface area contributed by atoms with E-state index in [1.807, 2.05) is 46.7 Å². The number of hydrogen-bond donors (Lipinski definition) is 2. The minimum Gasteiger partial charge on any atom is -0.351 e. The molecular formula is C22H21N5OS. The molecule has 1 unspecified atom stereocenters. The maximum absolute atomic E-state index is 12.2. The fraction of sp³-hybridized carbons (Fsp3) is 0.182. The van der Waals surface area contributed by atoms with E-state index in [2.05, 4.69) is 17.1 Å². The monoisotopic (exact) mass is 403 g/mol. The van der Waals surface area contributed by atoms with Gasteiger partial charge < -0.3 is 16.4 Å². The van der Waals surface area contributed by atoms with E-state index in [4.69, 9.17) is 11.5 Å². The number of amides is 2. The number of urea groups is 1. The van der Waals surface area contributed by atoms with Crippen molar-refractivity contribution in [3.63, 3.8) is 0 Å². The Kier molecular flexibility index (Phi) is 4.34. The van der Waals surface area contributed by atoms with Crippen molar-refractivity contribution in [1.29, 1.82) is 0 Å². The number of carbonyl (C=O) groups excluding carboxylic acids is 1. The Morgan fingerprint density at radius 1 is 1.07 bits per heavy atom. The number of thiophene rings is 1. The number of benzene rings is 2. The summed E-state index contributed by atoms with van der Waals surface area (Å²) in [4.78, 5) is 20.2. The van der Waals surface area contributed by atoms with Crippen molar-refractivity contribution in [2.24, 2.45) is 16.5 Å². The fourth-order valence-corrected chi connectivity index (χ4v) is 4.86. The van der Waals surface area contributed by atoms with E-state index < -0.39 is 6.03 Å². The topological polar surface area (TPSA) is 88.0 Å². The number of fused-ring (bicyclic) bond motifs is 2. The summed E-state index contributed by atoms with van der Waals surface area (Å²) in [6.45, 7) is 0. The second kappa shape index (κ2) is 7.02. The second-order valence-electron chi connectivity index (χ2n) is 7.27. The first kappa shape index (κ1) is 17.9. The van der Waals surface area contributed by atoms with Crippen LogP contribution in [-0.2, 0) is 12.8 Å². The van der Waals surface area contributed by atoms with Crippen molar-refractivity contribution in [2.75, 3.05) is 9.80 Å². The van der Waals surface area contributed by atoms with Gasteiger partial charge in [0.1, 0.15) is 11.2 Å². The van der Waals surface area contributed by atoms with E-state index >= 15 is 0 Å². The van der Waals surface area contributed by atoms with Gasteiger partial charge in [-0.2, -0.15) is 0 Å². The number of nitrogens with zero attached hydrogens (tertiary/aromatic N) is 3. The molecule has 29 heavy (non-hydrogen) atoms. The number of aryl methyl sites for hydroxylation is 2. The predicted molar refractivity (Wildman–Crippen MR) is 119 cm³/mol. The molecule has 146 valence electrons. The Morgan fingerprint density at radius 2 is 1.83 bits per heavy atom. The number of nitrogens with two attached hydrogens (primary N) is 2. The molecule has 4 N–H and O–H groups in total. The van der Waals surface area contributed by atoms with Gasteiger partial charge in [-0.15, -0.1) is 11.3 Å². The zero-order chi connectivity index (χ0) is 20.0. The number of primary amides is 1. The van der Waals surface area contributed by atoms with Crippen LogP contribution in [0.5, 0.6) is 0 Å². The Morgan fingerprint density at radius 3 is 2.62 bits per heavy atom. The van der Waals surface area contributed by atoms with Gasteiger partial charge in [-0.3, -0.25) is 4.90 Å². The van der Waals surface area contributed by atoms with Crippen LogP contribution in [-0.4, -0.2) is 12.4 Å². The molecule has 0 bridgehead atoms. The normalized spacial score (nSPS) is 17.1. The van der Waals surface area contributed by atoms with Gasteiger partial charge in [0.2, 0.25) is 0 Å². The van der Waals surface area contributed by atoms with E-state index in [1.165, 1.54) is 11.1 Å². The Labute approximate surface area is 173 Å². The summed E-state index contributed by atoms with van der Waals surface area (Å²) in [6.07, 6.45) is 4.78. The number of rotatable bonds is 3. The highest BCUT2D eigenvalue weighted by Crippen LogP contribution is 2.38. The molecule has 7 heteroatoms. The van der Waals surface area contributed by atoms with Crippen LogP contribution < -0.4 is 21.3 Å². The number of hydrogen-bond acceptors (Lipinski definition) is 5. The Balaban J connectivity index is 1.45. The molecule has 2 aromatic carbocycles. The maximum atomic E-state index is 12.2. The summed E-state index contributed by atoms with van der Waals surface area (Å²) in [5, 5.41) is 2.94. The van der Waals surface area contributed by atoms with E-state index in [9.17, 15) is 4.79 Å². The van der Waals surface area contributed by atoms with Crippen molar-refractivity contribution >= 4 is 45.8 Å².